The molecule has 3 aromatic rings. The largest absolute Gasteiger partial charge is 0.496 e. The maximum atomic E-state index is 6.95. The monoisotopic (exact) mass is 546 g/mol. The fourth-order valence-electron chi connectivity index (χ4n) is 6.15. The van der Waals surface area contributed by atoms with Crippen LogP contribution in [0.4, 0.5) is 0 Å². The molecule has 1 heterocycles. The van der Waals surface area contributed by atoms with Crippen molar-refractivity contribution in [2.24, 2.45) is 0 Å². The van der Waals surface area contributed by atoms with Gasteiger partial charge in [0.05, 0.1) is 19.8 Å². The Hall–Kier alpha value is -2.51. The summed E-state index contributed by atoms with van der Waals surface area (Å²) in [5.41, 5.74) is 8.27. The van der Waals surface area contributed by atoms with Gasteiger partial charge in [-0.2, -0.15) is 0 Å². The van der Waals surface area contributed by atoms with E-state index in [0.717, 1.165) is 61.3 Å². The molecule has 3 aromatic carbocycles. The van der Waals surface area contributed by atoms with E-state index in [9.17, 15) is 0 Å². The molecule has 0 aromatic heterocycles. The Morgan fingerprint density at radius 3 is 1.87 bits per heavy atom. The molecule has 0 bridgehead atoms. The summed E-state index contributed by atoms with van der Waals surface area (Å²) in [4.78, 5) is 0. The van der Waals surface area contributed by atoms with Crippen molar-refractivity contribution < 1.29 is 14.2 Å². The summed E-state index contributed by atoms with van der Waals surface area (Å²) in [6.45, 7) is 14.0. The van der Waals surface area contributed by atoms with Crippen molar-refractivity contribution >= 4 is 13.2 Å². The van der Waals surface area contributed by atoms with Crippen molar-refractivity contribution in [3.63, 3.8) is 0 Å². The number of rotatable bonds is 11. The normalized spacial score (nSPS) is 16.6. The molecule has 0 saturated carbocycles. The standard InChI is InChI=1S/C35H47O3P/c1-9-14-24-21-25(15-10-2)28(26(22-24)16-11-3)23-32-38-31-20-12-17-27(34(31)39(32)35(4,5)6)33-29(36-7)18-13-19-30(33)37-8/h12-13,17-22,32H,9-11,14-16,23H2,1-8H3. The lowest BCUT2D eigenvalue weighted by Gasteiger charge is -2.33. The van der Waals surface area contributed by atoms with E-state index in [1.165, 1.54) is 39.5 Å². The number of hydrogen-bond donors (Lipinski definition) is 0. The van der Waals surface area contributed by atoms with Crippen LogP contribution in [0.2, 0.25) is 0 Å². The van der Waals surface area contributed by atoms with E-state index >= 15 is 0 Å². The molecule has 4 heteroatoms. The van der Waals surface area contributed by atoms with Crippen LogP contribution in [0, 0.1) is 0 Å². The van der Waals surface area contributed by atoms with Crippen LogP contribution >= 0.6 is 7.92 Å². The third kappa shape index (κ3) is 6.14. The Morgan fingerprint density at radius 2 is 1.36 bits per heavy atom. The first-order valence-electron chi connectivity index (χ1n) is 14.7. The van der Waals surface area contributed by atoms with Gasteiger partial charge in [0.15, 0.2) is 0 Å². The van der Waals surface area contributed by atoms with Crippen molar-refractivity contribution in [1.82, 2.24) is 0 Å². The summed E-state index contributed by atoms with van der Waals surface area (Å²) in [7, 11) is 2.81. The van der Waals surface area contributed by atoms with Gasteiger partial charge in [-0.05, 0) is 72.8 Å². The fourth-order valence-corrected chi connectivity index (χ4v) is 9.37. The molecule has 2 unspecified atom stereocenters. The number of ether oxygens (including phenoxy) is 3. The third-order valence-corrected chi connectivity index (χ3v) is 10.9. The maximum absolute atomic E-state index is 6.95. The van der Waals surface area contributed by atoms with Gasteiger partial charge >= 0.3 is 0 Å². The van der Waals surface area contributed by atoms with Gasteiger partial charge in [0.1, 0.15) is 23.1 Å². The molecule has 0 spiro atoms. The Bertz CT molecular complexity index is 1220. The number of hydrogen-bond acceptors (Lipinski definition) is 3. The lowest BCUT2D eigenvalue weighted by Crippen LogP contribution is -2.27. The Morgan fingerprint density at radius 1 is 0.795 bits per heavy atom. The summed E-state index contributed by atoms with van der Waals surface area (Å²) in [6.07, 6.45) is 7.86. The van der Waals surface area contributed by atoms with E-state index < -0.39 is 7.92 Å². The topological polar surface area (TPSA) is 27.7 Å². The van der Waals surface area contributed by atoms with Crippen molar-refractivity contribution in [2.45, 2.75) is 97.5 Å². The highest BCUT2D eigenvalue weighted by Gasteiger charge is 2.44. The summed E-state index contributed by atoms with van der Waals surface area (Å²) >= 11 is 0. The Balaban J connectivity index is 1.86. The molecular formula is C35H47O3P. The lowest BCUT2D eigenvalue weighted by molar-refractivity contribution is 0.292. The highest BCUT2D eigenvalue weighted by atomic mass is 31.1. The second-order valence-corrected chi connectivity index (χ2v) is 14.8. The maximum Gasteiger partial charge on any atom is 0.130 e. The molecule has 4 rings (SSSR count). The van der Waals surface area contributed by atoms with E-state index in [2.05, 4.69) is 71.9 Å². The van der Waals surface area contributed by atoms with Gasteiger partial charge in [0, 0.05) is 17.3 Å². The molecule has 0 amide bonds. The van der Waals surface area contributed by atoms with Crippen LogP contribution in [-0.2, 0) is 25.7 Å². The molecule has 1 aliphatic heterocycles. The van der Waals surface area contributed by atoms with Crippen LogP contribution in [0.15, 0.2) is 48.5 Å². The average Bonchev–Trinajstić information content (AvgIpc) is 3.29. The van der Waals surface area contributed by atoms with Gasteiger partial charge in [-0.1, -0.05) is 91.1 Å². The first-order chi connectivity index (χ1) is 18.8. The summed E-state index contributed by atoms with van der Waals surface area (Å²) in [5.74, 6) is 2.80. The van der Waals surface area contributed by atoms with Crippen molar-refractivity contribution in [2.75, 3.05) is 14.2 Å². The van der Waals surface area contributed by atoms with Gasteiger partial charge in [-0.25, -0.2) is 0 Å². The van der Waals surface area contributed by atoms with Crippen LogP contribution in [0.1, 0.15) is 83.1 Å². The summed E-state index contributed by atoms with van der Waals surface area (Å²) in [6, 6.07) is 17.5. The van der Waals surface area contributed by atoms with E-state index in [1.54, 1.807) is 14.2 Å². The van der Waals surface area contributed by atoms with Gasteiger partial charge in [0.2, 0.25) is 0 Å². The number of methoxy groups -OCH3 is 2. The quantitative estimate of drug-likeness (QED) is 0.225. The second-order valence-electron chi connectivity index (χ2n) is 11.6. The molecule has 0 saturated heterocycles. The molecule has 2 atom stereocenters. The molecule has 3 nitrogen and oxygen atoms in total. The molecule has 1 aliphatic rings. The van der Waals surface area contributed by atoms with Crippen LogP contribution in [0.5, 0.6) is 17.2 Å². The number of fused-ring (bicyclic) bond motifs is 1. The second kappa shape index (κ2) is 12.8. The van der Waals surface area contributed by atoms with Gasteiger partial charge in [-0.15, -0.1) is 0 Å². The van der Waals surface area contributed by atoms with E-state index in [1.807, 2.05) is 18.2 Å². The van der Waals surface area contributed by atoms with Crippen LogP contribution in [0.25, 0.3) is 11.1 Å². The zero-order valence-electron chi connectivity index (χ0n) is 25.3. The SMILES string of the molecule is CCCc1cc(CCC)c(CC2Oc3cccc(-c4c(OC)cccc4OC)c3P2C(C)(C)C)c(CCC)c1. The van der Waals surface area contributed by atoms with E-state index in [4.69, 9.17) is 14.2 Å². The van der Waals surface area contributed by atoms with Crippen LogP contribution in [-0.4, -0.2) is 25.2 Å². The Labute approximate surface area is 238 Å². The number of benzene rings is 3. The van der Waals surface area contributed by atoms with E-state index in [0.29, 0.717) is 0 Å². The minimum absolute atomic E-state index is 0.0641. The minimum Gasteiger partial charge on any atom is -0.496 e. The lowest BCUT2D eigenvalue weighted by atomic mass is 9.90. The predicted octanol–water partition coefficient (Wildman–Crippen LogP) is 9.10. The molecule has 210 valence electrons. The van der Waals surface area contributed by atoms with Crippen LogP contribution in [0.3, 0.4) is 0 Å². The van der Waals surface area contributed by atoms with Gasteiger partial charge in [-0.3, -0.25) is 0 Å². The molecule has 0 N–H and O–H groups in total. The first kappa shape index (κ1) is 29.5. The van der Waals surface area contributed by atoms with Crippen molar-refractivity contribution in [3.05, 3.63) is 70.8 Å². The smallest absolute Gasteiger partial charge is 0.130 e. The summed E-state index contributed by atoms with van der Waals surface area (Å²) < 4.78 is 18.6. The molecular weight excluding hydrogens is 499 g/mol. The summed E-state index contributed by atoms with van der Waals surface area (Å²) in [5, 5.41) is 1.40. The number of aryl methyl sites for hydroxylation is 3. The van der Waals surface area contributed by atoms with Gasteiger partial charge < -0.3 is 14.2 Å². The van der Waals surface area contributed by atoms with Gasteiger partial charge in [0.25, 0.3) is 0 Å². The molecule has 0 radical (unpaired) electrons. The highest BCUT2D eigenvalue weighted by molar-refractivity contribution is 7.68. The predicted molar refractivity (Wildman–Crippen MR) is 168 cm³/mol. The molecule has 0 aliphatic carbocycles. The van der Waals surface area contributed by atoms with Crippen LogP contribution < -0.4 is 19.5 Å². The Kier molecular flexibility index (Phi) is 9.65. The first-order valence-corrected chi connectivity index (χ1v) is 16.1. The minimum atomic E-state index is -0.659. The molecule has 0 fully saturated rings. The zero-order valence-corrected chi connectivity index (χ0v) is 26.2. The van der Waals surface area contributed by atoms with Crippen molar-refractivity contribution in [3.8, 4) is 28.4 Å². The average molecular weight is 547 g/mol. The highest BCUT2D eigenvalue weighted by Crippen LogP contribution is 2.61. The fraction of sp³-hybridized carbons (Fsp3) is 0.486. The van der Waals surface area contributed by atoms with E-state index in [-0.39, 0.29) is 11.0 Å². The zero-order chi connectivity index (χ0) is 28.2. The molecule has 39 heavy (non-hydrogen) atoms. The third-order valence-electron chi connectivity index (χ3n) is 7.66. The van der Waals surface area contributed by atoms with Crippen molar-refractivity contribution in [1.29, 1.82) is 0 Å².